The van der Waals surface area contributed by atoms with Crippen molar-refractivity contribution in [2.24, 2.45) is 0 Å². The molecule has 0 saturated carbocycles. The van der Waals surface area contributed by atoms with Gasteiger partial charge in [-0.3, -0.25) is 9.59 Å². The van der Waals surface area contributed by atoms with Crippen LogP contribution in [0.4, 0.5) is 0 Å². The summed E-state index contributed by atoms with van der Waals surface area (Å²) in [5, 5.41) is 14.0. The second-order valence-corrected chi connectivity index (χ2v) is 21.8. The van der Waals surface area contributed by atoms with Crippen molar-refractivity contribution in [2.45, 2.75) is 30.5 Å². The van der Waals surface area contributed by atoms with Crippen LogP contribution in [-0.4, -0.2) is 369 Å². The number of ether oxygens (including phenoxy) is 24. The molecule has 0 radical (unpaired) electrons. The van der Waals surface area contributed by atoms with Crippen LogP contribution in [-0.2, 0) is 133 Å². The van der Waals surface area contributed by atoms with E-state index in [0.717, 1.165) is 5.03 Å². The lowest BCUT2D eigenvalue weighted by Gasteiger charge is -2.18. The normalized spacial score (nSPS) is 13.2. The topological polar surface area (TPSA) is 330 Å². The lowest BCUT2D eigenvalue weighted by Crippen LogP contribution is -2.35. The maximum absolute atomic E-state index is 11.9. The number of aliphatic hydroxyl groups is 1. The minimum Gasteiger partial charge on any atom is -0.378 e. The second-order valence-electron chi connectivity index (χ2n) is 19.5. The average molecular weight is 1430 g/mol. The summed E-state index contributed by atoms with van der Waals surface area (Å²) >= 11 is 0. The number of rotatable bonds is 80. The van der Waals surface area contributed by atoms with Crippen LogP contribution in [0, 0.1) is 0 Å². The van der Waals surface area contributed by atoms with E-state index in [9.17, 15) is 19.5 Å². The third-order valence-corrected chi connectivity index (χ3v) is 14.0. The van der Waals surface area contributed by atoms with Gasteiger partial charge in [0.05, 0.1) is 329 Å². The van der Waals surface area contributed by atoms with Crippen LogP contribution < -0.4 is 5.32 Å². The number of hydroxylamine groups is 2. The smallest absolute Gasteiger partial charge is 0.334 e. The van der Waals surface area contributed by atoms with E-state index in [1.165, 1.54) is 21.6 Å². The molecule has 1 aromatic rings. The molecule has 0 spiro atoms. The molecule has 1 atom stereocenters. The second kappa shape index (κ2) is 74.9. The van der Waals surface area contributed by atoms with Crippen molar-refractivity contribution < 1.29 is 138 Å². The number of nitrogens with one attached hydrogen (secondary N) is 1. The van der Waals surface area contributed by atoms with Gasteiger partial charge in [-0.25, -0.2) is 9.78 Å². The number of nitrogens with zero attached hydrogens (tertiary/aromatic N) is 2. The first-order valence-corrected chi connectivity index (χ1v) is 35.4. The summed E-state index contributed by atoms with van der Waals surface area (Å²) in [5.74, 6) is -0.751. The first-order valence-electron chi connectivity index (χ1n) is 33.1. The van der Waals surface area contributed by atoms with Crippen molar-refractivity contribution in [1.82, 2.24) is 15.4 Å². The molecule has 0 bridgehead atoms. The largest absolute Gasteiger partial charge is 0.378 e. The number of hydrogen-bond donors (Lipinski definition) is 2. The Morgan fingerprint density at radius 2 is 0.635 bits per heavy atom. The molecule has 562 valence electrons. The summed E-state index contributed by atoms with van der Waals surface area (Å²) < 4.78 is 132. The highest BCUT2D eigenvalue weighted by molar-refractivity contribution is 8.76. The predicted octanol–water partition coefficient (Wildman–Crippen LogP) is 1.13. The number of pyridine rings is 1. The number of aliphatic hydroxyl groups excluding tert-OH is 1. The molecule has 1 aromatic heterocycles. The van der Waals surface area contributed by atoms with Gasteiger partial charge in [0.25, 0.3) is 5.91 Å². The minimum absolute atomic E-state index is 0.0384. The summed E-state index contributed by atoms with van der Waals surface area (Å²) in [7, 11) is 2.92. The summed E-state index contributed by atoms with van der Waals surface area (Å²) in [5.41, 5.74) is 0. The molecule has 1 unspecified atom stereocenters. The maximum atomic E-state index is 11.9. The molecular formula is C62H113N3O29S2. The first-order chi connectivity index (χ1) is 47.6. The van der Waals surface area contributed by atoms with E-state index in [4.69, 9.17) is 119 Å². The Morgan fingerprint density at radius 1 is 0.385 bits per heavy atom. The monoisotopic (exact) mass is 1430 g/mol. The van der Waals surface area contributed by atoms with Crippen molar-refractivity contribution in [3.8, 4) is 0 Å². The molecule has 0 aromatic carbocycles. The van der Waals surface area contributed by atoms with E-state index in [1.807, 2.05) is 18.2 Å². The highest BCUT2D eigenvalue weighted by atomic mass is 33.1. The Labute approximate surface area is 574 Å². The van der Waals surface area contributed by atoms with Crippen molar-refractivity contribution in [3.63, 3.8) is 0 Å². The van der Waals surface area contributed by atoms with Gasteiger partial charge in [-0.05, 0) is 22.9 Å². The van der Waals surface area contributed by atoms with E-state index in [-0.39, 0.29) is 31.8 Å². The van der Waals surface area contributed by atoms with E-state index in [2.05, 4.69) is 10.3 Å². The first kappa shape index (κ1) is 89.3. The Morgan fingerprint density at radius 3 is 0.865 bits per heavy atom. The molecule has 96 heavy (non-hydrogen) atoms. The number of carbonyl (C=O) groups excluding carboxylic acids is 3. The Kier molecular flexibility index (Phi) is 69.7. The van der Waals surface area contributed by atoms with Crippen molar-refractivity contribution in [2.75, 3.05) is 329 Å². The van der Waals surface area contributed by atoms with Crippen molar-refractivity contribution in [3.05, 3.63) is 24.4 Å². The van der Waals surface area contributed by atoms with Gasteiger partial charge in [0, 0.05) is 25.6 Å². The number of aromatic nitrogens is 1. The molecule has 1 saturated heterocycles. The highest BCUT2D eigenvalue weighted by Gasteiger charge is 2.32. The van der Waals surface area contributed by atoms with E-state index in [1.54, 1.807) is 6.20 Å². The third kappa shape index (κ3) is 65.8. The fraction of sp³-hybridized carbons (Fsp3) is 0.871. The zero-order valence-corrected chi connectivity index (χ0v) is 58.1. The van der Waals surface area contributed by atoms with Gasteiger partial charge < -0.3 is 129 Å². The molecule has 1 aliphatic rings. The molecule has 2 N–H and O–H groups in total. The summed E-state index contributed by atoms with van der Waals surface area (Å²) in [6, 6.07) is 5.68. The van der Waals surface area contributed by atoms with Gasteiger partial charge in [-0.2, -0.15) is 0 Å². The standard InChI is InChI=1S/C62H113N3O29S2/c66-58(57-95-96-59-3-1-2-7-64-59)63-8-10-71-12-14-73-16-18-75-20-22-77-24-26-79-28-30-81-32-34-83-36-38-85-40-42-87-44-46-89-48-50-91-52-54-93-56-55-92-53-51-90-49-47-88-45-43-86-41-39-84-37-35-82-33-31-80-29-27-78-25-23-76-21-19-74-17-15-72-13-11-70-9-6-62(69)94-65-60(67)4-5-61(65)68/h1-3,7,60,67H,4-6,8-57H2,(H,63,66). The van der Waals surface area contributed by atoms with E-state index in [0.29, 0.717) is 328 Å². The number of carbonyl (C=O) groups is 3. The zero-order chi connectivity index (χ0) is 68.3. The SMILES string of the molecule is O=C(CSSc1ccccn1)NCCOCCOCCOCCOCCOCCOCCOCCOCCOCCOCCOCCOCCOCCOCCOCCOCCOCCOCCOCCOCCOCCOCCOCCOCCC(=O)ON1C(=O)CCC1O. The van der Waals surface area contributed by atoms with Crippen LogP contribution in [0.2, 0.25) is 0 Å². The highest BCUT2D eigenvalue weighted by Crippen LogP contribution is 2.28. The maximum Gasteiger partial charge on any atom is 0.334 e. The molecular weight excluding hydrogens is 1310 g/mol. The Balaban J connectivity index is 1.09. The molecule has 0 aliphatic carbocycles. The van der Waals surface area contributed by atoms with Crippen LogP contribution in [0.1, 0.15) is 19.3 Å². The van der Waals surface area contributed by atoms with Crippen LogP contribution in [0.5, 0.6) is 0 Å². The van der Waals surface area contributed by atoms with Crippen LogP contribution in [0.3, 0.4) is 0 Å². The molecule has 2 amide bonds. The lowest BCUT2D eigenvalue weighted by atomic mass is 10.4. The fourth-order valence-corrected chi connectivity index (χ4v) is 8.86. The molecule has 2 heterocycles. The Hall–Kier alpha value is -2.74. The third-order valence-electron chi connectivity index (χ3n) is 11.9. The van der Waals surface area contributed by atoms with E-state index >= 15 is 0 Å². The summed E-state index contributed by atoms with van der Waals surface area (Å²) in [6.45, 7) is 22.1. The molecule has 2 rings (SSSR count). The molecule has 1 fully saturated rings. The van der Waals surface area contributed by atoms with Crippen LogP contribution in [0.15, 0.2) is 29.4 Å². The lowest BCUT2D eigenvalue weighted by molar-refractivity contribution is -0.221. The van der Waals surface area contributed by atoms with E-state index < -0.39 is 18.1 Å². The van der Waals surface area contributed by atoms with Gasteiger partial charge in [0.2, 0.25) is 5.91 Å². The Bertz CT molecular complexity index is 1800. The van der Waals surface area contributed by atoms with Crippen molar-refractivity contribution in [1.29, 1.82) is 0 Å². The number of amides is 2. The summed E-state index contributed by atoms with van der Waals surface area (Å²) in [6.07, 6.45) is 0.996. The number of hydrogen-bond acceptors (Lipinski definition) is 32. The van der Waals surface area contributed by atoms with Gasteiger partial charge in [-0.1, -0.05) is 16.9 Å². The molecule has 1 aliphatic heterocycles. The zero-order valence-electron chi connectivity index (χ0n) is 56.5. The minimum atomic E-state index is -1.09. The van der Waals surface area contributed by atoms with Gasteiger partial charge in [0.1, 0.15) is 5.03 Å². The van der Waals surface area contributed by atoms with Gasteiger partial charge >= 0.3 is 5.97 Å². The van der Waals surface area contributed by atoms with Crippen molar-refractivity contribution >= 4 is 39.4 Å². The predicted molar refractivity (Wildman–Crippen MR) is 348 cm³/mol. The average Bonchev–Trinajstić information content (AvgIpc) is 3.13. The van der Waals surface area contributed by atoms with Gasteiger partial charge in [0.15, 0.2) is 6.23 Å². The summed E-state index contributed by atoms with van der Waals surface area (Å²) in [4.78, 5) is 44.2. The molecule has 32 nitrogen and oxygen atoms in total. The van der Waals surface area contributed by atoms with Gasteiger partial charge in [-0.15, -0.1) is 5.06 Å². The van der Waals surface area contributed by atoms with Crippen LogP contribution in [0.25, 0.3) is 0 Å². The molecule has 34 heteroatoms. The fourth-order valence-electron chi connectivity index (χ4n) is 7.08. The quantitative estimate of drug-likeness (QED) is 0.0682. The van der Waals surface area contributed by atoms with Crippen LogP contribution >= 0.6 is 21.6 Å².